The van der Waals surface area contributed by atoms with Crippen LogP contribution in [-0.2, 0) is 9.59 Å². The molecule has 0 bridgehead atoms. The van der Waals surface area contributed by atoms with Crippen LogP contribution in [0.15, 0.2) is 41.3 Å². The van der Waals surface area contributed by atoms with Gasteiger partial charge >= 0.3 is 5.97 Å². The fourth-order valence-electron chi connectivity index (χ4n) is 4.00. The predicted molar refractivity (Wildman–Crippen MR) is 109 cm³/mol. The molecular weight excluding hydrogens is 376 g/mol. The first-order valence-electron chi connectivity index (χ1n) is 8.94. The van der Waals surface area contributed by atoms with Crippen LogP contribution in [0.2, 0.25) is 0 Å². The Kier molecular flexibility index (Phi) is 4.87. The number of nitrogens with one attached hydrogen (secondary N) is 2. The highest BCUT2D eigenvalue weighted by Crippen LogP contribution is 2.49. The van der Waals surface area contributed by atoms with Crippen molar-refractivity contribution >= 4 is 40.7 Å². The highest BCUT2D eigenvalue weighted by Gasteiger charge is 2.35. The van der Waals surface area contributed by atoms with Crippen molar-refractivity contribution in [1.82, 2.24) is 4.72 Å². The topological polar surface area (TPSA) is 87.7 Å². The van der Waals surface area contributed by atoms with E-state index in [4.69, 9.17) is 4.74 Å². The Morgan fingerprint density at radius 1 is 1.29 bits per heavy atom. The minimum absolute atomic E-state index is 0.0150. The van der Waals surface area contributed by atoms with Gasteiger partial charge in [-0.1, -0.05) is 6.07 Å². The number of amides is 1. The van der Waals surface area contributed by atoms with Crippen LogP contribution in [0.5, 0.6) is 5.75 Å². The number of benzene rings is 2. The van der Waals surface area contributed by atoms with Crippen molar-refractivity contribution in [2.75, 3.05) is 19.5 Å². The van der Waals surface area contributed by atoms with E-state index in [-0.39, 0.29) is 18.2 Å². The summed E-state index contributed by atoms with van der Waals surface area (Å²) in [4.78, 5) is 25.2. The lowest BCUT2D eigenvalue weighted by molar-refractivity contribution is -0.137. The predicted octanol–water partition coefficient (Wildman–Crippen LogP) is 3.75. The maximum absolute atomic E-state index is 12.8. The van der Waals surface area contributed by atoms with Gasteiger partial charge in [0.1, 0.15) is 5.75 Å². The summed E-state index contributed by atoms with van der Waals surface area (Å²) < 4.78 is 8.36. The molecule has 7 heteroatoms. The number of ether oxygens (including phenoxy) is 1. The maximum atomic E-state index is 12.8. The standard InChI is InChI=1S/C21H20N2O4S/c1-22-28-13-4-6-18-17(10-13)20(21(26)23-18)16-7-11(8-19(24)25)15-9-12(27-2)3-5-14(15)16/h3-6,9-11,22H,7-8H2,1-2H3,(H,23,26)(H,24,25)/b20-16-. The number of allylic oxidation sites excluding steroid dienone is 1. The van der Waals surface area contributed by atoms with Gasteiger partial charge in [0, 0.05) is 16.1 Å². The molecule has 0 fully saturated rings. The highest BCUT2D eigenvalue weighted by molar-refractivity contribution is 7.97. The van der Waals surface area contributed by atoms with E-state index in [0.29, 0.717) is 17.7 Å². The SMILES string of the molecule is CNSc1ccc2c(c1)/C(=C1\CC(CC(=O)O)c3cc(OC)ccc31)C(=O)N2. The van der Waals surface area contributed by atoms with Crippen molar-refractivity contribution in [3.05, 3.63) is 53.1 Å². The summed E-state index contributed by atoms with van der Waals surface area (Å²) in [6.45, 7) is 0. The molecule has 1 aliphatic carbocycles. The van der Waals surface area contributed by atoms with Crippen LogP contribution in [0.4, 0.5) is 5.69 Å². The van der Waals surface area contributed by atoms with Gasteiger partial charge in [-0.2, -0.15) is 0 Å². The van der Waals surface area contributed by atoms with Crippen LogP contribution >= 0.6 is 11.9 Å². The fraction of sp³-hybridized carbons (Fsp3) is 0.238. The summed E-state index contributed by atoms with van der Waals surface area (Å²) in [6.07, 6.45) is 0.529. The number of carbonyl (C=O) groups excluding carboxylic acids is 1. The van der Waals surface area contributed by atoms with E-state index in [9.17, 15) is 14.7 Å². The summed E-state index contributed by atoms with van der Waals surface area (Å²) in [5.41, 5.74) is 5.02. The zero-order valence-electron chi connectivity index (χ0n) is 15.5. The van der Waals surface area contributed by atoms with Crippen molar-refractivity contribution < 1.29 is 19.4 Å². The largest absolute Gasteiger partial charge is 0.497 e. The minimum Gasteiger partial charge on any atom is -0.497 e. The molecule has 0 radical (unpaired) electrons. The number of hydrogen-bond acceptors (Lipinski definition) is 5. The Bertz CT molecular complexity index is 1020. The van der Waals surface area contributed by atoms with E-state index < -0.39 is 5.97 Å². The number of hydrogen-bond donors (Lipinski definition) is 3. The van der Waals surface area contributed by atoms with Crippen molar-refractivity contribution in [3.8, 4) is 5.75 Å². The molecule has 2 aromatic rings. The van der Waals surface area contributed by atoms with Crippen molar-refractivity contribution in [2.24, 2.45) is 0 Å². The molecule has 0 saturated heterocycles. The van der Waals surface area contributed by atoms with Gasteiger partial charge in [0.25, 0.3) is 5.91 Å². The highest BCUT2D eigenvalue weighted by atomic mass is 32.2. The molecule has 28 heavy (non-hydrogen) atoms. The van der Waals surface area contributed by atoms with Crippen LogP contribution in [0.1, 0.15) is 35.4 Å². The first-order chi connectivity index (χ1) is 13.5. The Morgan fingerprint density at radius 3 is 2.82 bits per heavy atom. The lowest BCUT2D eigenvalue weighted by atomic mass is 9.96. The zero-order chi connectivity index (χ0) is 19.8. The Labute approximate surface area is 167 Å². The number of fused-ring (bicyclic) bond motifs is 2. The molecule has 1 atom stereocenters. The van der Waals surface area contributed by atoms with E-state index in [1.807, 2.05) is 43.4 Å². The molecule has 1 aliphatic heterocycles. The van der Waals surface area contributed by atoms with E-state index in [2.05, 4.69) is 10.0 Å². The van der Waals surface area contributed by atoms with E-state index in [0.717, 1.165) is 32.8 Å². The average Bonchev–Trinajstić information content (AvgIpc) is 3.17. The van der Waals surface area contributed by atoms with Gasteiger partial charge in [-0.15, -0.1) is 0 Å². The summed E-state index contributed by atoms with van der Waals surface area (Å²) in [5, 5.41) is 12.3. The molecule has 2 aromatic carbocycles. The monoisotopic (exact) mass is 396 g/mol. The summed E-state index contributed by atoms with van der Waals surface area (Å²) >= 11 is 1.48. The van der Waals surface area contributed by atoms with Crippen LogP contribution in [0.25, 0.3) is 11.1 Å². The molecule has 0 spiro atoms. The molecule has 1 unspecified atom stereocenters. The van der Waals surface area contributed by atoms with Gasteiger partial charge in [0.05, 0.1) is 19.1 Å². The molecule has 6 nitrogen and oxygen atoms in total. The molecule has 0 saturated carbocycles. The zero-order valence-corrected chi connectivity index (χ0v) is 16.4. The Hall–Kier alpha value is -2.77. The molecule has 2 aliphatic rings. The number of carboxylic acid groups (broad SMARTS) is 1. The van der Waals surface area contributed by atoms with E-state index in [1.165, 1.54) is 11.9 Å². The average molecular weight is 396 g/mol. The third-order valence-electron chi connectivity index (χ3n) is 5.15. The molecule has 0 aromatic heterocycles. The number of carbonyl (C=O) groups is 2. The fourth-order valence-corrected chi connectivity index (χ4v) is 4.55. The summed E-state index contributed by atoms with van der Waals surface area (Å²) in [5.74, 6) is -0.496. The second-order valence-corrected chi connectivity index (χ2v) is 7.86. The normalized spacial score (nSPS) is 19.9. The number of methoxy groups -OCH3 is 1. The number of anilines is 1. The first kappa shape index (κ1) is 18.6. The van der Waals surface area contributed by atoms with Crippen LogP contribution in [-0.4, -0.2) is 31.1 Å². The Morgan fingerprint density at radius 2 is 2.11 bits per heavy atom. The van der Waals surface area contributed by atoms with Crippen molar-refractivity contribution in [3.63, 3.8) is 0 Å². The van der Waals surface area contributed by atoms with Gasteiger partial charge in [-0.3, -0.25) is 14.3 Å². The summed E-state index contributed by atoms with van der Waals surface area (Å²) in [7, 11) is 3.43. The van der Waals surface area contributed by atoms with Crippen LogP contribution in [0.3, 0.4) is 0 Å². The van der Waals surface area contributed by atoms with Gasteiger partial charge in [0.2, 0.25) is 0 Å². The summed E-state index contributed by atoms with van der Waals surface area (Å²) in [6, 6.07) is 11.5. The quantitative estimate of drug-likeness (QED) is 0.527. The molecule has 4 rings (SSSR count). The number of aliphatic carboxylic acids is 1. The number of rotatable bonds is 5. The van der Waals surface area contributed by atoms with Gasteiger partial charge in [0.15, 0.2) is 0 Å². The molecular formula is C21H20N2O4S. The smallest absolute Gasteiger partial charge is 0.303 e. The lowest BCUT2D eigenvalue weighted by Crippen LogP contribution is -2.05. The third-order valence-corrected chi connectivity index (χ3v) is 5.85. The number of carboxylic acids is 1. The molecule has 144 valence electrons. The van der Waals surface area contributed by atoms with Gasteiger partial charge < -0.3 is 15.2 Å². The molecule has 1 amide bonds. The van der Waals surface area contributed by atoms with E-state index >= 15 is 0 Å². The first-order valence-corrected chi connectivity index (χ1v) is 9.76. The maximum Gasteiger partial charge on any atom is 0.303 e. The van der Waals surface area contributed by atoms with Crippen LogP contribution < -0.4 is 14.8 Å². The van der Waals surface area contributed by atoms with Crippen LogP contribution in [0, 0.1) is 0 Å². The van der Waals surface area contributed by atoms with Crippen molar-refractivity contribution in [1.29, 1.82) is 0 Å². The minimum atomic E-state index is -0.853. The molecule has 3 N–H and O–H groups in total. The molecule has 1 heterocycles. The second-order valence-electron chi connectivity index (χ2n) is 6.77. The lowest BCUT2D eigenvalue weighted by Gasteiger charge is -2.09. The Balaban J connectivity index is 1.88. The third kappa shape index (κ3) is 3.16. The van der Waals surface area contributed by atoms with Crippen molar-refractivity contribution in [2.45, 2.75) is 23.7 Å². The van der Waals surface area contributed by atoms with Gasteiger partial charge in [-0.25, -0.2) is 0 Å². The van der Waals surface area contributed by atoms with E-state index in [1.54, 1.807) is 7.11 Å². The van der Waals surface area contributed by atoms with Gasteiger partial charge in [-0.05, 0) is 78.4 Å². The second kappa shape index (κ2) is 7.33.